The predicted molar refractivity (Wildman–Crippen MR) is 123 cm³/mol. The van der Waals surface area contributed by atoms with Crippen LogP contribution in [0.25, 0.3) is 6.08 Å². The molecule has 0 radical (unpaired) electrons. The molecule has 1 unspecified atom stereocenters. The van der Waals surface area contributed by atoms with Gasteiger partial charge < -0.3 is 10.1 Å². The molecule has 0 spiro atoms. The zero-order valence-corrected chi connectivity index (χ0v) is 19.3. The number of terminal acetylenes is 1. The SMILES string of the molecule is C#Cc1cc(CNC(=O)/C=C/c2ccc(CF)nc2OC(C)CC)cc(F)c1NS(C)(=O)=O. The van der Waals surface area contributed by atoms with Crippen LogP contribution in [0.3, 0.4) is 0 Å². The van der Waals surface area contributed by atoms with Gasteiger partial charge in [0, 0.05) is 18.2 Å². The van der Waals surface area contributed by atoms with Gasteiger partial charge in [-0.15, -0.1) is 6.42 Å². The van der Waals surface area contributed by atoms with Gasteiger partial charge in [0.05, 0.1) is 29.3 Å². The smallest absolute Gasteiger partial charge is 0.244 e. The van der Waals surface area contributed by atoms with Crippen molar-refractivity contribution in [3.05, 3.63) is 58.5 Å². The fourth-order valence-corrected chi connectivity index (χ4v) is 3.22. The molecule has 0 bridgehead atoms. The molecule has 0 aliphatic rings. The maximum atomic E-state index is 14.4. The lowest BCUT2D eigenvalue weighted by Crippen LogP contribution is -2.21. The number of nitrogens with one attached hydrogen (secondary N) is 2. The summed E-state index contributed by atoms with van der Waals surface area (Å²) < 4.78 is 57.9. The van der Waals surface area contributed by atoms with E-state index in [-0.39, 0.29) is 35.5 Å². The van der Waals surface area contributed by atoms with Crippen molar-refractivity contribution in [1.29, 1.82) is 0 Å². The fourth-order valence-electron chi connectivity index (χ4n) is 2.64. The van der Waals surface area contributed by atoms with Crippen molar-refractivity contribution in [3.8, 4) is 18.2 Å². The van der Waals surface area contributed by atoms with Gasteiger partial charge in [0.1, 0.15) is 12.5 Å². The van der Waals surface area contributed by atoms with Gasteiger partial charge in [-0.3, -0.25) is 9.52 Å². The number of amides is 1. The molecule has 2 aromatic rings. The third kappa shape index (κ3) is 7.88. The predicted octanol–water partition coefficient (Wildman–Crippen LogP) is 3.55. The van der Waals surface area contributed by atoms with Gasteiger partial charge in [-0.05, 0) is 49.2 Å². The van der Waals surface area contributed by atoms with E-state index >= 15 is 0 Å². The first-order valence-corrected chi connectivity index (χ1v) is 11.9. The van der Waals surface area contributed by atoms with Gasteiger partial charge in [-0.2, -0.15) is 0 Å². The highest BCUT2D eigenvalue weighted by Gasteiger charge is 2.14. The molecular formula is C23H25F2N3O4S. The molecular weight excluding hydrogens is 452 g/mol. The van der Waals surface area contributed by atoms with Crippen molar-refractivity contribution in [2.24, 2.45) is 0 Å². The molecule has 2 rings (SSSR count). The first-order chi connectivity index (χ1) is 15.6. The Morgan fingerprint density at radius 1 is 1.36 bits per heavy atom. The Bertz CT molecular complexity index is 1190. The van der Waals surface area contributed by atoms with E-state index in [9.17, 15) is 22.0 Å². The van der Waals surface area contributed by atoms with Crippen LogP contribution in [0.15, 0.2) is 30.3 Å². The van der Waals surface area contributed by atoms with Crippen molar-refractivity contribution < 1.29 is 26.7 Å². The normalized spacial score (nSPS) is 12.2. The number of carbonyl (C=O) groups excluding carboxylic acids is 1. The zero-order valence-electron chi connectivity index (χ0n) is 18.5. The molecule has 0 aliphatic heterocycles. The highest BCUT2D eigenvalue weighted by Crippen LogP contribution is 2.23. The summed E-state index contributed by atoms with van der Waals surface area (Å²) >= 11 is 0. The summed E-state index contributed by atoms with van der Waals surface area (Å²) in [5.74, 6) is 1.10. The Morgan fingerprint density at radius 3 is 2.70 bits per heavy atom. The van der Waals surface area contributed by atoms with E-state index in [0.717, 1.165) is 18.7 Å². The highest BCUT2D eigenvalue weighted by atomic mass is 32.2. The zero-order chi connectivity index (χ0) is 24.6. The van der Waals surface area contributed by atoms with E-state index in [1.165, 1.54) is 24.3 Å². The van der Waals surface area contributed by atoms with Crippen molar-refractivity contribution in [3.63, 3.8) is 0 Å². The average Bonchev–Trinajstić information content (AvgIpc) is 2.77. The summed E-state index contributed by atoms with van der Waals surface area (Å²) in [6.07, 6.45) is 9.55. The average molecular weight is 478 g/mol. The number of hydrogen-bond acceptors (Lipinski definition) is 5. The first kappa shape index (κ1) is 25.8. The van der Waals surface area contributed by atoms with Crippen molar-refractivity contribution in [2.75, 3.05) is 11.0 Å². The Morgan fingerprint density at radius 2 is 2.09 bits per heavy atom. The number of aromatic nitrogens is 1. The van der Waals surface area contributed by atoms with Gasteiger partial charge in [0.2, 0.25) is 21.8 Å². The Hall–Kier alpha value is -3.45. The van der Waals surface area contributed by atoms with Crippen LogP contribution in [-0.4, -0.2) is 31.7 Å². The lowest BCUT2D eigenvalue weighted by atomic mass is 10.1. The summed E-state index contributed by atoms with van der Waals surface area (Å²) in [6.45, 7) is 2.99. The molecule has 2 N–H and O–H groups in total. The number of hydrogen-bond donors (Lipinski definition) is 2. The van der Waals surface area contributed by atoms with Crippen LogP contribution in [0, 0.1) is 18.2 Å². The van der Waals surface area contributed by atoms with Crippen LogP contribution in [0.2, 0.25) is 0 Å². The Labute approximate surface area is 192 Å². The van der Waals surface area contributed by atoms with Crippen molar-refractivity contribution >= 4 is 27.7 Å². The van der Waals surface area contributed by atoms with E-state index < -0.39 is 28.4 Å². The second kappa shape index (κ2) is 11.4. The molecule has 1 aromatic carbocycles. The molecule has 0 fully saturated rings. The highest BCUT2D eigenvalue weighted by molar-refractivity contribution is 7.92. The third-order valence-electron chi connectivity index (χ3n) is 4.45. The van der Waals surface area contributed by atoms with Gasteiger partial charge in [-0.1, -0.05) is 12.8 Å². The standard InChI is InChI=1S/C23H25F2N3O4S/c1-5-15(3)32-23-18(7-9-19(13-24)27-23)8-10-21(29)26-14-16-11-17(6-2)22(20(25)12-16)28-33(4,30)31/h2,7-12,15,28H,5,13-14H2,1,3-4H3,(H,26,29)/b10-8+. The van der Waals surface area contributed by atoms with Gasteiger partial charge in [0.25, 0.3) is 0 Å². The van der Waals surface area contributed by atoms with E-state index in [1.54, 1.807) is 6.07 Å². The van der Waals surface area contributed by atoms with Crippen LogP contribution >= 0.6 is 0 Å². The summed E-state index contributed by atoms with van der Waals surface area (Å²) in [6, 6.07) is 5.58. The number of benzene rings is 1. The number of halogens is 2. The Balaban J connectivity index is 2.13. The minimum atomic E-state index is -3.72. The number of alkyl halides is 1. The lowest BCUT2D eigenvalue weighted by Gasteiger charge is -2.14. The van der Waals surface area contributed by atoms with Crippen LogP contribution in [-0.2, 0) is 28.0 Å². The molecule has 10 heteroatoms. The Kier molecular flexibility index (Phi) is 8.94. The maximum Gasteiger partial charge on any atom is 0.244 e. The maximum absolute atomic E-state index is 14.4. The summed E-state index contributed by atoms with van der Waals surface area (Å²) in [5, 5.41) is 2.59. The molecule has 0 saturated heterocycles. The van der Waals surface area contributed by atoms with Crippen LogP contribution in [0.4, 0.5) is 14.5 Å². The molecule has 176 valence electrons. The molecule has 0 saturated carbocycles. The van der Waals surface area contributed by atoms with Crippen LogP contribution < -0.4 is 14.8 Å². The summed E-state index contributed by atoms with van der Waals surface area (Å²) in [5.41, 5.74) is 0.740. The second-order valence-electron chi connectivity index (χ2n) is 7.24. The fraction of sp³-hybridized carbons (Fsp3) is 0.304. The lowest BCUT2D eigenvalue weighted by molar-refractivity contribution is -0.116. The van der Waals surface area contributed by atoms with Crippen molar-refractivity contribution in [1.82, 2.24) is 10.3 Å². The number of pyridine rings is 1. The van der Waals surface area contributed by atoms with Crippen molar-refractivity contribution in [2.45, 2.75) is 39.6 Å². The van der Waals surface area contributed by atoms with Crippen LogP contribution in [0.5, 0.6) is 5.88 Å². The van der Waals surface area contributed by atoms with E-state index in [2.05, 4.69) is 16.2 Å². The topological polar surface area (TPSA) is 97.4 Å². The molecule has 1 amide bonds. The third-order valence-corrected chi connectivity index (χ3v) is 5.02. The minimum absolute atomic E-state index is 0.00563. The molecule has 1 aromatic heterocycles. The second-order valence-corrected chi connectivity index (χ2v) is 8.99. The van der Waals surface area contributed by atoms with E-state index in [1.807, 2.05) is 18.6 Å². The number of ether oxygens (including phenoxy) is 1. The number of carbonyl (C=O) groups is 1. The first-order valence-electron chi connectivity index (χ1n) is 10.0. The van der Waals surface area contributed by atoms with Crippen LogP contribution in [0.1, 0.15) is 42.7 Å². The van der Waals surface area contributed by atoms with E-state index in [0.29, 0.717) is 11.1 Å². The molecule has 33 heavy (non-hydrogen) atoms. The van der Waals surface area contributed by atoms with Gasteiger partial charge in [-0.25, -0.2) is 22.2 Å². The summed E-state index contributed by atoms with van der Waals surface area (Å²) in [4.78, 5) is 16.4. The number of anilines is 1. The van der Waals surface area contributed by atoms with Gasteiger partial charge >= 0.3 is 0 Å². The largest absolute Gasteiger partial charge is 0.474 e. The molecule has 0 aliphatic carbocycles. The summed E-state index contributed by atoms with van der Waals surface area (Å²) in [7, 11) is -3.72. The monoisotopic (exact) mass is 477 g/mol. The number of nitrogens with zero attached hydrogens (tertiary/aromatic N) is 1. The van der Waals surface area contributed by atoms with Gasteiger partial charge in [0.15, 0.2) is 0 Å². The molecule has 7 nitrogen and oxygen atoms in total. The molecule has 1 atom stereocenters. The number of rotatable bonds is 10. The minimum Gasteiger partial charge on any atom is -0.474 e. The molecule has 1 heterocycles. The van der Waals surface area contributed by atoms with E-state index in [4.69, 9.17) is 11.2 Å². The number of sulfonamides is 1. The quantitative estimate of drug-likeness (QED) is 0.403.